The van der Waals surface area contributed by atoms with Gasteiger partial charge in [-0.05, 0) is 17.9 Å². The normalized spacial score (nSPS) is 19.1. The van der Waals surface area contributed by atoms with Gasteiger partial charge >= 0.3 is 0 Å². The summed E-state index contributed by atoms with van der Waals surface area (Å²) in [6.07, 6.45) is 3.25. The third-order valence-corrected chi connectivity index (χ3v) is 5.63. The van der Waals surface area contributed by atoms with E-state index in [4.69, 9.17) is 0 Å². The first-order valence-electron chi connectivity index (χ1n) is 6.53. The van der Waals surface area contributed by atoms with E-state index in [1.165, 1.54) is 23.8 Å². The van der Waals surface area contributed by atoms with Gasteiger partial charge in [-0.3, -0.25) is 9.89 Å². The maximum Gasteiger partial charge on any atom is 0.263 e. The largest absolute Gasteiger partial charge is 0.337 e. The van der Waals surface area contributed by atoms with Crippen molar-refractivity contribution in [1.82, 2.24) is 15.1 Å². The van der Waals surface area contributed by atoms with Crippen LogP contribution in [0.3, 0.4) is 0 Å². The Hall–Kier alpha value is -1.67. The van der Waals surface area contributed by atoms with Crippen LogP contribution in [0.5, 0.6) is 0 Å². The van der Waals surface area contributed by atoms with Crippen LogP contribution in [0.25, 0.3) is 0 Å². The zero-order valence-electron chi connectivity index (χ0n) is 11.4. The Labute approximate surface area is 126 Å². The van der Waals surface area contributed by atoms with Gasteiger partial charge < -0.3 is 4.90 Å². The molecule has 1 fully saturated rings. The summed E-state index contributed by atoms with van der Waals surface area (Å²) in [5.74, 6) is -0.00550. The molecule has 3 rings (SSSR count). The molecular weight excluding hydrogens is 310 g/mol. The molecule has 1 N–H and O–H groups in total. The van der Waals surface area contributed by atoms with E-state index in [0.29, 0.717) is 23.7 Å². The number of amides is 1. The first kappa shape index (κ1) is 14.3. The quantitative estimate of drug-likeness (QED) is 0.927. The van der Waals surface area contributed by atoms with E-state index < -0.39 is 9.84 Å². The Balaban J connectivity index is 1.79. The predicted molar refractivity (Wildman–Crippen MR) is 79.3 cm³/mol. The van der Waals surface area contributed by atoms with E-state index in [0.717, 1.165) is 6.42 Å². The number of hydrogen-bond acceptors (Lipinski definition) is 5. The summed E-state index contributed by atoms with van der Waals surface area (Å²) in [5, 5.41) is 8.50. The highest BCUT2D eigenvalue weighted by molar-refractivity contribution is 7.90. The summed E-state index contributed by atoms with van der Waals surface area (Å²) < 4.78 is 23.5. The number of nitrogens with zero attached hydrogens (tertiary/aromatic N) is 2. The number of rotatable bonds is 3. The first-order chi connectivity index (χ1) is 9.97. The Bertz CT molecular complexity index is 749. The van der Waals surface area contributed by atoms with Gasteiger partial charge in [-0.1, -0.05) is 6.07 Å². The zero-order chi connectivity index (χ0) is 15.0. The second kappa shape index (κ2) is 5.27. The van der Waals surface area contributed by atoms with Gasteiger partial charge in [0.2, 0.25) is 0 Å². The van der Waals surface area contributed by atoms with Crippen molar-refractivity contribution >= 4 is 27.1 Å². The van der Waals surface area contributed by atoms with Crippen LogP contribution < -0.4 is 0 Å². The van der Waals surface area contributed by atoms with Crippen molar-refractivity contribution in [3.63, 3.8) is 0 Å². The molecule has 1 aliphatic rings. The number of hydrogen-bond donors (Lipinski definition) is 1. The zero-order valence-corrected chi connectivity index (χ0v) is 13.1. The van der Waals surface area contributed by atoms with Crippen molar-refractivity contribution < 1.29 is 13.2 Å². The van der Waals surface area contributed by atoms with Gasteiger partial charge in [-0.25, -0.2) is 8.42 Å². The molecule has 21 heavy (non-hydrogen) atoms. The monoisotopic (exact) mass is 325 g/mol. The lowest BCUT2D eigenvalue weighted by Crippen LogP contribution is -2.27. The van der Waals surface area contributed by atoms with Crippen LogP contribution in [0.15, 0.2) is 28.6 Å². The van der Waals surface area contributed by atoms with E-state index in [9.17, 15) is 13.2 Å². The number of carbonyl (C=O) groups excluding carboxylic acids is 1. The first-order valence-corrected chi connectivity index (χ1v) is 9.30. The molecule has 3 heterocycles. The van der Waals surface area contributed by atoms with Crippen molar-refractivity contribution in [3.05, 3.63) is 34.3 Å². The SMILES string of the molecule is CS(=O)(=O)c1cn[nH]c1C1CCN(C(=O)c2cccs2)C1. The van der Waals surface area contributed by atoms with Crippen LogP contribution in [0.2, 0.25) is 0 Å². The van der Waals surface area contributed by atoms with E-state index in [1.54, 1.807) is 11.0 Å². The molecule has 1 atom stereocenters. The summed E-state index contributed by atoms with van der Waals surface area (Å²) in [5.41, 5.74) is 0.610. The summed E-state index contributed by atoms with van der Waals surface area (Å²) in [7, 11) is -3.30. The highest BCUT2D eigenvalue weighted by Gasteiger charge is 2.32. The maximum absolute atomic E-state index is 12.3. The van der Waals surface area contributed by atoms with Crippen molar-refractivity contribution in [1.29, 1.82) is 0 Å². The third-order valence-electron chi connectivity index (χ3n) is 3.65. The topological polar surface area (TPSA) is 83.1 Å². The van der Waals surface area contributed by atoms with Gasteiger partial charge in [0.15, 0.2) is 9.84 Å². The Morgan fingerprint density at radius 2 is 2.33 bits per heavy atom. The lowest BCUT2D eigenvalue weighted by atomic mass is 10.1. The fourth-order valence-corrected chi connectivity index (χ4v) is 4.16. The number of sulfone groups is 1. The van der Waals surface area contributed by atoms with Gasteiger partial charge in [0.05, 0.1) is 16.8 Å². The molecule has 112 valence electrons. The molecule has 2 aromatic heterocycles. The number of thiophene rings is 1. The van der Waals surface area contributed by atoms with Crippen LogP contribution in [0.4, 0.5) is 0 Å². The van der Waals surface area contributed by atoms with Crippen molar-refractivity contribution in [2.24, 2.45) is 0 Å². The molecule has 1 aliphatic heterocycles. The molecule has 0 saturated carbocycles. The van der Waals surface area contributed by atoms with Crippen molar-refractivity contribution in [2.75, 3.05) is 19.3 Å². The van der Waals surface area contributed by atoms with Gasteiger partial charge in [0.25, 0.3) is 5.91 Å². The minimum Gasteiger partial charge on any atom is -0.337 e. The molecule has 8 heteroatoms. The van der Waals surface area contributed by atoms with Crippen molar-refractivity contribution in [2.45, 2.75) is 17.2 Å². The number of aromatic amines is 1. The number of H-pyrrole nitrogens is 1. The molecule has 2 aromatic rings. The minimum atomic E-state index is -3.30. The second-order valence-electron chi connectivity index (χ2n) is 5.13. The Morgan fingerprint density at radius 1 is 1.52 bits per heavy atom. The van der Waals surface area contributed by atoms with Crippen LogP contribution >= 0.6 is 11.3 Å². The lowest BCUT2D eigenvalue weighted by molar-refractivity contribution is 0.0795. The van der Waals surface area contributed by atoms with Gasteiger partial charge in [-0.2, -0.15) is 5.10 Å². The molecule has 0 radical (unpaired) electrons. The maximum atomic E-state index is 12.3. The molecule has 1 saturated heterocycles. The molecule has 0 spiro atoms. The van der Waals surface area contributed by atoms with Crippen LogP contribution in [-0.2, 0) is 9.84 Å². The third kappa shape index (κ3) is 2.73. The molecular formula is C13H15N3O3S2. The average molecular weight is 325 g/mol. The van der Waals surface area contributed by atoms with E-state index in [1.807, 2.05) is 11.4 Å². The van der Waals surface area contributed by atoms with Crippen LogP contribution in [-0.4, -0.2) is 48.8 Å². The highest BCUT2D eigenvalue weighted by Crippen LogP contribution is 2.31. The van der Waals surface area contributed by atoms with Crippen LogP contribution in [0, 0.1) is 0 Å². The summed E-state index contributed by atoms with van der Waals surface area (Å²) >= 11 is 1.42. The van der Waals surface area contributed by atoms with E-state index in [2.05, 4.69) is 10.2 Å². The Kier molecular flexibility index (Phi) is 3.58. The van der Waals surface area contributed by atoms with Crippen molar-refractivity contribution in [3.8, 4) is 0 Å². The minimum absolute atomic E-state index is 0.00733. The predicted octanol–water partition coefficient (Wildman–Crippen LogP) is 1.50. The molecule has 6 nitrogen and oxygen atoms in total. The van der Waals surface area contributed by atoms with Gasteiger partial charge in [0.1, 0.15) is 4.90 Å². The fraction of sp³-hybridized carbons (Fsp3) is 0.385. The average Bonchev–Trinajstić information content (AvgIpc) is 3.16. The smallest absolute Gasteiger partial charge is 0.263 e. The highest BCUT2D eigenvalue weighted by atomic mass is 32.2. The van der Waals surface area contributed by atoms with Crippen LogP contribution in [0.1, 0.15) is 27.7 Å². The number of nitrogens with one attached hydrogen (secondary N) is 1. The van der Waals surface area contributed by atoms with Gasteiger partial charge in [-0.15, -0.1) is 11.3 Å². The molecule has 0 aliphatic carbocycles. The summed E-state index contributed by atoms with van der Waals surface area (Å²) in [6.45, 7) is 1.14. The number of aromatic nitrogens is 2. The van der Waals surface area contributed by atoms with E-state index >= 15 is 0 Å². The lowest BCUT2D eigenvalue weighted by Gasteiger charge is -2.15. The summed E-state index contributed by atoms with van der Waals surface area (Å²) in [6, 6.07) is 3.65. The molecule has 1 unspecified atom stereocenters. The number of carbonyl (C=O) groups is 1. The number of likely N-dealkylation sites (tertiary alicyclic amines) is 1. The van der Waals surface area contributed by atoms with Gasteiger partial charge in [0, 0.05) is 25.3 Å². The molecule has 1 amide bonds. The standard InChI is InChI=1S/C13H15N3O3S2/c1-21(18,19)11-7-14-15-12(11)9-4-5-16(8-9)13(17)10-3-2-6-20-10/h2-3,6-7,9H,4-5,8H2,1H3,(H,14,15). The fourth-order valence-electron chi connectivity index (χ4n) is 2.61. The molecule has 0 bridgehead atoms. The Morgan fingerprint density at radius 3 is 3.00 bits per heavy atom. The second-order valence-corrected chi connectivity index (χ2v) is 8.07. The summed E-state index contributed by atoms with van der Waals surface area (Å²) in [4.78, 5) is 15.0. The molecule has 0 aromatic carbocycles. The van der Waals surface area contributed by atoms with E-state index in [-0.39, 0.29) is 16.7 Å².